The first-order valence-electron chi connectivity index (χ1n) is 8.50. The molecule has 2 atom stereocenters. The number of piperidine rings is 1. The summed E-state index contributed by atoms with van der Waals surface area (Å²) >= 11 is 0. The molecule has 0 aliphatic carbocycles. The van der Waals surface area contributed by atoms with Gasteiger partial charge in [-0.3, -0.25) is 4.90 Å². The van der Waals surface area contributed by atoms with Crippen LogP contribution in [0, 0.1) is 0 Å². The minimum atomic E-state index is 0. The molecule has 4 rings (SSSR count). The molecule has 2 aromatic rings. The van der Waals surface area contributed by atoms with Crippen LogP contribution in [0.3, 0.4) is 0 Å². The number of hydrogen-bond acceptors (Lipinski definition) is 3. The summed E-state index contributed by atoms with van der Waals surface area (Å²) in [6, 6.07) is 16.3. The molecular weight excluding hydrogens is 382 g/mol. The van der Waals surface area contributed by atoms with Gasteiger partial charge >= 0.3 is 0 Å². The van der Waals surface area contributed by atoms with Crippen LogP contribution in [-0.2, 0) is 11.3 Å². The van der Waals surface area contributed by atoms with E-state index in [2.05, 4.69) is 35.2 Å². The second kappa shape index (κ2) is 8.81. The van der Waals surface area contributed by atoms with Crippen molar-refractivity contribution in [1.82, 2.24) is 4.90 Å². The molecule has 1 saturated heterocycles. The molecule has 1 fully saturated rings. The summed E-state index contributed by atoms with van der Waals surface area (Å²) in [5.41, 5.74) is 3.94. The summed E-state index contributed by atoms with van der Waals surface area (Å²) in [5.74, 6) is 0.875. The van der Waals surface area contributed by atoms with Crippen molar-refractivity contribution in [2.75, 3.05) is 19.6 Å². The van der Waals surface area contributed by atoms with Gasteiger partial charge in [-0.15, -0.1) is 17.0 Å². The van der Waals surface area contributed by atoms with Crippen LogP contribution >= 0.6 is 17.0 Å². The normalized spacial score (nSPS) is 22.6. The van der Waals surface area contributed by atoms with E-state index < -0.39 is 0 Å². The Balaban J connectivity index is 0.00000113. The average Bonchev–Trinajstić information content (AvgIpc) is 2.98. The van der Waals surface area contributed by atoms with Crippen LogP contribution in [0.4, 0.5) is 0 Å². The third-order valence-electron chi connectivity index (χ3n) is 5.11. The second-order valence-corrected chi connectivity index (χ2v) is 6.69. The average molecular weight is 408 g/mol. The van der Waals surface area contributed by atoms with Gasteiger partial charge in [0, 0.05) is 13.1 Å². The van der Waals surface area contributed by atoms with Crippen molar-refractivity contribution in [3.63, 3.8) is 0 Å². The Hall–Kier alpha value is -1.40. The van der Waals surface area contributed by atoms with Gasteiger partial charge in [-0.2, -0.15) is 0 Å². The molecule has 0 aromatic heterocycles. The number of halogens is 1. The maximum Gasteiger partial charge on any atom is 0.115 e. The third kappa shape index (κ3) is 4.42. The molecule has 2 heterocycles. The molecule has 2 aliphatic rings. The Morgan fingerprint density at radius 2 is 1.96 bits per heavy atom. The molecule has 0 amide bonds. The summed E-state index contributed by atoms with van der Waals surface area (Å²) in [5, 5.41) is 9.72. The van der Waals surface area contributed by atoms with Gasteiger partial charge in [0.05, 0.1) is 12.7 Å². The minimum Gasteiger partial charge on any atom is -0.508 e. The number of rotatable bonds is 3. The largest absolute Gasteiger partial charge is 0.508 e. The van der Waals surface area contributed by atoms with Crippen molar-refractivity contribution in [1.29, 1.82) is 0 Å². The number of fused-ring (bicyclic) bond motifs is 1. The first-order chi connectivity index (χ1) is 11.3. The van der Waals surface area contributed by atoms with Crippen molar-refractivity contribution in [3.8, 4) is 5.75 Å². The SMILES string of the molecule is Br.O.Oc1cccc(C2CCCN(CC3OCc4ccccc43)C2)c1. The Kier molecular flexibility index (Phi) is 7.02. The summed E-state index contributed by atoms with van der Waals surface area (Å²) in [4.78, 5) is 2.52. The molecule has 5 heteroatoms. The van der Waals surface area contributed by atoms with Crippen molar-refractivity contribution in [2.24, 2.45) is 0 Å². The van der Waals surface area contributed by atoms with E-state index in [9.17, 15) is 5.11 Å². The Bertz CT molecular complexity index is 694. The molecule has 3 N–H and O–H groups in total. The van der Waals surface area contributed by atoms with E-state index in [1.54, 1.807) is 6.07 Å². The molecule has 0 spiro atoms. The van der Waals surface area contributed by atoms with Gasteiger partial charge in [-0.25, -0.2) is 0 Å². The summed E-state index contributed by atoms with van der Waals surface area (Å²) in [6.07, 6.45) is 2.60. The fourth-order valence-corrected chi connectivity index (χ4v) is 3.92. The van der Waals surface area contributed by atoms with Gasteiger partial charge in [-0.05, 0) is 54.1 Å². The lowest BCUT2D eigenvalue weighted by Crippen LogP contribution is -2.37. The summed E-state index contributed by atoms with van der Waals surface area (Å²) < 4.78 is 6.00. The van der Waals surface area contributed by atoms with Crippen LogP contribution < -0.4 is 0 Å². The Morgan fingerprint density at radius 1 is 1.12 bits per heavy atom. The lowest BCUT2D eigenvalue weighted by Gasteiger charge is -2.34. The van der Waals surface area contributed by atoms with Gasteiger partial charge in [0.1, 0.15) is 5.75 Å². The van der Waals surface area contributed by atoms with E-state index in [-0.39, 0.29) is 28.6 Å². The molecule has 4 nitrogen and oxygen atoms in total. The van der Waals surface area contributed by atoms with Gasteiger partial charge in [0.15, 0.2) is 0 Å². The van der Waals surface area contributed by atoms with Crippen LogP contribution in [0.5, 0.6) is 5.75 Å². The zero-order chi connectivity index (χ0) is 15.6. The predicted molar refractivity (Wildman–Crippen MR) is 104 cm³/mol. The van der Waals surface area contributed by atoms with Crippen molar-refractivity contribution in [3.05, 3.63) is 65.2 Å². The first-order valence-corrected chi connectivity index (χ1v) is 8.50. The zero-order valence-corrected chi connectivity index (χ0v) is 15.9. The highest BCUT2D eigenvalue weighted by molar-refractivity contribution is 8.93. The lowest BCUT2D eigenvalue weighted by molar-refractivity contribution is 0.0296. The topological polar surface area (TPSA) is 64.2 Å². The Labute approximate surface area is 159 Å². The number of likely N-dealkylation sites (tertiary alicyclic amines) is 1. The van der Waals surface area contributed by atoms with E-state index >= 15 is 0 Å². The standard InChI is InChI=1S/C20H23NO2.BrH.H2O/c22-18-8-3-6-15(11-18)16-7-4-10-21(12-16)13-20-19-9-2-1-5-17(19)14-23-20;;/h1-3,5-6,8-9,11,16,20,22H,4,7,10,12-14H2;1H;1H2. The fraction of sp³-hybridized carbons (Fsp3) is 0.400. The van der Waals surface area contributed by atoms with Crippen molar-refractivity contribution >= 4 is 17.0 Å². The number of aromatic hydroxyl groups is 1. The van der Waals surface area contributed by atoms with Crippen molar-refractivity contribution in [2.45, 2.75) is 31.5 Å². The summed E-state index contributed by atoms with van der Waals surface area (Å²) in [7, 11) is 0. The zero-order valence-electron chi connectivity index (χ0n) is 14.2. The maximum absolute atomic E-state index is 9.72. The van der Waals surface area contributed by atoms with Crippen LogP contribution in [0.1, 0.15) is 41.6 Å². The van der Waals surface area contributed by atoms with Crippen LogP contribution in [-0.4, -0.2) is 35.1 Å². The van der Waals surface area contributed by atoms with E-state index in [0.29, 0.717) is 11.7 Å². The van der Waals surface area contributed by atoms with Gasteiger partial charge in [-0.1, -0.05) is 36.4 Å². The van der Waals surface area contributed by atoms with E-state index in [1.165, 1.54) is 29.5 Å². The highest BCUT2D eigenvalue weighted by Crippen LogP contribution is 2.34. The van der Waals surface area contributed by atoms with Gasteiger partial charge < -0.3 is 15.3 Å². The molecular formula is C20H26BrNO3. The number of ether oxygens (including phenoxy) is 1. The molecule has 2 aromatic carbocycles. The van der Waals surface area contributed by atoms with Crippen LogP contribution in [0.25, 0.3) is 0 Å². The van der Waals surface area contributed by atoms with E-state index in [4.69, 9.17) is 4.74 Å². The van der Waals surface area contributed by atoms with Gasteiger partial charge in [0.25, 0.3) is 0 Å². The molecule has 2 unspecified atom stereocenters. The quantitative estimate of drug-likeness (QED) is 0.844. The van der Waals surface area contributed by atoms with Crippen LogP contribution in [0.2, 0.25) is 0 Å². The number of phenols is 1. The highest BCUT2D eigenvalue weighted by atomic mass is 79.9. The monoisotopic (exact) mass is 407 g/mol. The smallest absolute Gasteiger partial charge is 0.115 e. The van der Waals surface area contributed by atoms with Crippen molar-refractivity contribution < 1.29 is 15.3 Å². The minimum absolute atomic E-state index is 0. The molecule has 0 bridgehead atoms. The molecule has 136 valence electrons. The van der Waals surface area contributed by atoms with Gasteiger partial charge in [0.2, 0.25) is 0 Å². The fourth-order valence-electron chi connectivity index (χ4n) is 3.92. The number of hydrogen-bond donors (Lipinski definition) is 1. The maximum atomic E-state index is 9.72. The Morgan fingerprint density at radius 3 is 2.80 bits per heavy atom. The first kappa shape index (κ1) is 19.9. The molecule has 0 saturated carbocycles. The molecule has 2 aliphatic heterocycles. The van der Waals surface area contributed by atoms with Crippen LogP contribution in [0.15, 0.2) is 48.5 Å². The predicted octanol–water partition coefficient (Wildman–Crippen LogP) is 3.60. The number of phenolic OH excluding ortho intramolecular Hbond substituents is 1. The van der Waals surface area contributed by atoms with E-state index in [1.807, 2.05) is 12.1 Å². The third-order valence-corrected chi connectivity index (χ3v) is 5.11. The number of benzene rings is 2. The van der Waals surface area contributed by atoms with E-state index in [0.717, 1.165) is 26.2 Å². The highest BCUT2D eigenvalue weighted by Gasteiger charge is 2.28. The second-order valence-electron chi connectivity index (χ2n) is 6.69. The summed E-state index contributed by atoms with van der Waals surface area (Å²) in [6.45, 7) is 3.89. The lowest BCUT2D eigenvalue weighted by atomic mass is 9.90. The molecule has 25 heavy (non-hydrogen) atoms. The number of nitrogens with zero attached hydrogens (tertiary/aromatic N) is 1. The molecule has 0 radical (unpaired) electrons.